The van der Waals surface area contributed by atoms with E-state index in [2.05, 4.69) is 72.3 Å². The number of imidazole rings is 1. The first kappa shape index (κ1) is 29.1. The summed E-state index contributed by atoms with van der Waals surface area (Å²) in [4.78, 5) is 14.0. The van der Waals surface area contributed by atoms with Gasteiger partial charge in [-0.15, -0.1) is 59.2 Å². The Morgan fingerprint density at radius 3 is 2.38 bits per heavy atom. The van der Waals surface area contributed by atoms with Gasteiger partial charge in [0, 0.05) is 51.8 Å². The van der Waals surface area contributed by atoms with E-state index in [4.69, 9.17) is 16.3 Å². The van der Waals surface area contributed by atoms with Crippen LogP contribution in [-0.2, 0) is 33.5 Å². The number of rotatable bonds is 6. The Bertz CT molecular complexity index is 2390. The summed E-state index contributed by atoms with van der Waals surface area (Å²) in [6.45, 7) is 12.5. The summed E-state index contributed by atoms with van der Waals surface area (Å²) < 4.78 is 47.6. The van der Waals surface area contributed by atoms with Gasteiger partial charge < -0.3 is 14.0 Å². The molecule has 1 radical (unpaired) electrons. The van der Waals surface area contributed by atoms with Gasteiger partial charge in [0.1, 0.15) is 5.58 Å². The maximum absolute atomic E-state index is 8.59. The molecular weight excluding hydrogens is 785 g/mol. The summed E-state index contributed by atoms with van der Waals surface area (Å²) in [6, 6.07) is 26.9. The first-order valence-electron chi connectivity index (χ1n) is 18.6. The molecule has 4 heterocycles. The molecule has 7 aromatic rings. The molecular formula is C41H44IrN4OSi-2. The smallest absolute Gasteiger partial charge is 0.120 e. The Kier molecular flexibility index (Phi) is 8.65. The van der Waals surface area contributed by atoms with Crippen molar-refractivity contribution in [3.05, 3.63) is 108 Å². The van der Waals surface area contributed by atoms with Gasteiger partial charge in [-0.05, 0) is 41.2 Å². The zero-order chi connectivity index (χ0) is 37.7. The zero-order valence-electron chi connectivity index (χ0n) is 33.7. The van der Waals surface area contributed by atoms with Crippen LogP contribution in [0.5, 0.6) is 0 Å². The average molecular weight is 834 g/mol. The van der Waals surface area contributed by atoms with Crippen molar-refractivity contribution in [2.75, 3.05) is 0 Å². The second-order valence-electron chi connectivity index (χ2n) is 13.6. The van der Waals surface area contributed by atoms with Crippen LogP contribution in [-0.4, -0.2) is 27.6 Å². The molecule has 0 aliphatic rings. The molecule has 48 heavy (non-hydrogen) atoms. The van der Waals surface area contributed by atoms with Gasteiger partial charge in [-0.1, -0.05) is 89.4 Å². The van der Waals surface area contributed by atoms with Crippen LogP contribution >= 0.6 is 0 Å². The number of nitrogens with zero attached hydrogens (tertiary/aromatic N) is 4. The number of hydrogen-bond acceptors (Lipinski definition) is 4. The van der Waals surface area contributed by atoms with Crippen molar-refractivity contribution >= 4 is 46.2 Å². The van der Waals surface area contributed by atoms with E-state index >= 15 is 0 Å². The molecule has 7 rings (SSSR count). The van der Waals surface area contributed by atoms with Crippen LogP contribution in [0.2, 0.25) is 19.6 Å². The van der Waals surface area contributed by atoms with Crippen molar-refractivity contribution in [2.24, 2.45) is 13.0 Å². The minimum absolute atomic E-state index is 0. The van der Waals surface area contributed by atoms with E-state index in [1.54, 1.807) is 18.3 Å². The SMILES string of the molecule is CC(C)c1nccc2nc(-c3[c-]cc4oc5ccccc5c4c3)n(C)c12.[2H]C([2H])([2H])c1c[c-]c(-c2cc(C([2H])([2H])C(C)C)c([Si](C)(C)C)cn2)cc1.[Ir]. The zero-order valence-corrected chi connectivity index (χ0v) is 32.1. The minimum Gasteiger partial charge on any atom is -0.500 e. The molecule has 0 aliphatic heterocycles. The van der Waals surface area contributed by atoms with Gasteiger partial charge in [0.25, 0.3) is 0 Å². The molecule has 3 aromatic carbocycles. The maximum Gasteiger partial charge on any atom is 0.120 e. The molecule has 249 valence electrons. The summed E-state index contributed by atoms with van der Waals surface area (Å²) in [5.74, 6) is 1.06. The number of benzene rings is 3. The Hall–Kier alpha value is -3.90. The van der Waals surface area contributed by atoms with Crippen LogP contribution in [0.15, 0.2) is 83.5 Å². The van der Waals surface area contributed by atoms with E-state index in [1.807, 2.05) is 63.5 Å². The van der Waals surface area contributed by atoms with Gasteiger partial charge in [0.2, 0.25) is 0 Å². The minimum atomic E-state index is -2.16. The fourth-order valence-electron chi connectivity index (χ4n) is 5.87. The fraction of sp³-hybridized carbons (Fsp3) is 0.293. The molecule has 0 N–H and O–H groups in total. The number of pyridine rings is 2. The molecule has 4 aromatic heterocycles. The van der Waals surface area contributed by atoms with E-state index in [0.29, 0.717) is 22.7 Å². The van der Waals surface area contributed by atoms with Crippen LogP contribution < -0.4 is 5.19 Å². The van der Waals surface area contributed by atoms with Crippen molar-refractivity contribution in [1.82, 2.24) is 19.5 Å². The number of aromatic nitrogens is 4. The quantitative estimate of drug-likeness (QED) is 0.124. The Labute approximate surface area is 306 Å². The first-order chi connectivity index (χ1) is 24.4. The molecule has 0 amide bonds. The van der Waals surface area contributed by atoms with Crippen molar-refractivity contribution in [2.45, 2.75) is 66.5 Å². The van der Waals surface area contributed by atoms with Crippen LogP contribution in [0.1, 0.15) is 57.3 Å². The maximum atomic E-state index is 8.59. The summed E-state index contributed by atoms with van der Waals surface area (Å²) in [7, 11) is 0.267. The van der Waals surface area contributed by atoms with Gasteiger partial charge in [0.15, 0.2) is 0 Å². The van der Waals surface area contributed by atoms with Gasteiger partial charge in [0.05, 0.1) is 36.2 Å². The van der Waals surface area contributed by atoms with Crippen LogP contribution in [0, 0.1) is 24.9 Å². The third-order valence-electron chi connectivity index (χ3n) is 8.15. The molecule has 0 spiro atoms. The Morgan fingerprint density at radius 1 is 0.917 bits per heavy atom. The molecule has 0 unspecified atom stereocenters. The summed E-state index contributed by atoms with van der Waals surface area (Å²) >= 11 is 0. The number of hydrogen-bond donors (Lipinski definition) is 0. The molecule has 0 atom stereocenters. The Morgan fingerprint density at radius 2 is 1.69 bits per heavy atom. The standard InChI is InChI=1S/C22H18N3O.C19H26NSi.Ir/c1-13(2)20-21-17(10-11-23-20)24-22(25(21)3)14-8-9-19-16(12-14)15-6-4-5-7-18(15)26-19;1-14(2)11-17-12-18(16-9-7-15(3)8-10-16)20-13-19(17)21(4,5)6;/h4-7,9-13H,1-3H3;7-9,12-14H,11H2,1-6H3;/q2*-1;/i;3D3,11D2;. The molecule has 0 aliphatic carbocycles. The molecule has 7 heteroatoms. The van der Waals surface area contributed by atoms with Gasteiger partial charge in [-0.25, -0.2) is 0 Å². The van der Waals surface area contributed by atoms with Crippen LogP contribution in [0.3, 0.4) is 0 Å². The molecule has 5 nitrogen and oxygen atoms in total. The van der Waals surface area contributed by atoms with E-state index in [-0.39, 0.29) is 31.6 Å². The first-order valence-corrected chi connectivity index (χ1v) is 19.6. The number of para-hydroxylation sites is 1. The third kappa shape index (κ3) is 7.24. The van der Waals surface area contributed by atoms with E-state index in [9.17, 15) is 0 Å². The number of furan rings is 1. The second kappa shape index (κ2) is 14.3. The summed E-state index contributed by atoms with van der Waals surface area (Å²) in [5, 5.41) is 3.21. The van der Waals surface area contributed by atoms with E-state index in [1.165, 1.54) is 6.07 Å². The third-order valence-corrected chi connectivity index (χ3v) is 10.2. The largest absolute Gasteiger partial charge is 0.500 e. The number of fused-ring (bicyclic) bond motifs is 4. The molecule has 0 bridgehead atoms. The van der Waals surface area contributed by atoms with Crippen molar-refractivity contribution in [1.29, 1.82) is 0 Å². The van der Waals surface area contributed by atoms with Gasteiger partial charge in [-0.2, -0.15) is 0 Å². The van der Waals surface area contributed by atoms with Crippen LogP contribution in [0.4, 0.5) is 0 Å². The van der Waals surface area contributed by atoms with Gasteiger partial charge >= 0.3 is 0 Å². The molecule has 0 saturated heterocycles. The van der Waals surface area contributed by atoms with Crippen molar-refractivity contribution in [3.8, 4) is 22.6 Å². The molecule has 0 saturated carbocycles. The predicted molar refractivity (Wildman–Crippen MR) is 199 cm³/mol. The number of aryl methyl sites for hydroxylation is 2. The predicted octanol–water partition coefficient (Wildman–Crippen LogP) is 10.1. The van der Waals surface area contributed by atoms with Gasteiger partial charge in [-0.3, -0.25) is 9.97 Å². The topological polar surface area (TPSA) is 56.7 Å². The second-order valence-corrected chi connectivity index (χ2v) is 18.6. The summed E-state index contributed by atoms with van der Waals surface area (Å²) in [5.41, 5.74) is 8.01. The van der Waals surface area contributed by atoms with Crippen molar-refractivity contribution in [3.63, 3.8) is 0 Å². The normalized spacial score (nSPS) is 13.8. The monoisotopic (exact) mass is 834 g/mol. The van der Waals surface area contributed by atoms with Crippen molar-refractivity contribution < 1.29 is 31.4 Å². The Balaban J connectivity index is 0.000000201. The van der Waals surface area contributed by atoms with Crippen LogP contribution in [0.25, 0.3) is 55.6 Å². The van der Waals surface area contributed by atoms with E-state index < -0.39 is 21.3 Å². The van der Waals surface area contributed by atoms with E-state index in [0.717, 1.165) is 55.2 Å². The average Bonchev–Trinajstić information content (AvgIpc) is 3.64. The fourth-order valence-corrected chi connectivity index (χ4v) is 7.27. The summed E-state index contributed by atoms with van der Waals surface area (Å²) in [6.07, 6.45) is 2.17. The molecule has 0 fully saturated rings.